The summed E-state index contributed by atoms with van der Waals surface area (Å²) in [6.07, 6.45) is -0.961. The summed E-state index contributed by atoms with van der Waals surface area (Å²) in [6, 6.07) is 6.92. The van der Waals surface area contributed by atoms with Crippen LogP contribution >= 0.6 is 11.6 Å². The number of carbonyl (C=O) groups excluding carboxylic acids is 1. The molecule has 0 aliphatic heterocycles. The number of hydrogen-bond donors (Lipinski definition) is 1. The van der Waals surface area contributed by atoms with Crippen molar-refractivity contribution in [2.24, 2.45) is 0 Å². The van der Waals surface area contributed by atoms with Gasteiger partial charge in [-0.3, -0.25) is 15.4 Å². The van der Waals surface area contributed by atoms with Crippen molar-refractivity contribution in [3.63, 3.8) is 0 Å². The van der Waals surface area contributed by atoms with E-state index in [1.807, 2.05) is 0 Å². The standard InChI is InChI=1S/C14H10ClFN2O5/c1-22-13-5-3-9(18(20)21)7-11(13)17-14(19)23-12-4-2-8(16)6-10(12)15/h2-7H,1H3,(H,17,19). The molecule has 0 saturated heterocycles. The van der Waals surface area contributed by atoms with Crippen molar-refractivity contribution >= 4 is 29.1 Å². The van der Waals surface area contributed by atoms with Gasteiger partial charge in [0, 0.05) is 12.1 Å². The first-order valence-electron chi connectivity index (χ1n) is 6.17. The van der Waals surface area contributed by atoms with Crippen LogP contribution in [0.15, 0.2) is 36.4 Å². The normalized spacial score (nSPS) is 10.0. The van der Waals surface area contributed by atoms with Crippen molar-refractivity contribution < 1.29 is 23.6 Å². The largest absolute Gasteiger partial charge is 0.495 e. The Morgan fingerprint density at radius 2 is 1.96 bits per heavy atom. The van der Waals surface area contributed by atoms with Gasteiger partial charge in [0.2, 0.25) is 0 Å². The van der Waals surface area contributed by atoms with E-state index in [1.165, 1.54) is 25.3 Å². The summed E-state index contributed by atoms with van der Waals surface area (Å²) in [5.41, 5.74) is -0.189. The molecule has 7 nitrogen and oxygen atoms in total. The maximum Gasteiger partial charge on any atom is 0.417 e. The lowest BCUT2D eigenvalue weighted by Crippen LogP contribution is -2.17. The van der Waals surface area contributed by atoms with Crippen molar-refractivity contribution in [2.75, 3.05) is 12.4 Å². The molecule has 0 bridgehead atoms. The molecule has 9 heteroatoms. The number of methoxy groups -OCH3 is 1. The molecule has 2 aromatic carbocycles. The number of nitrogens with one attached hydrogen (secondary N) is 1. The number of nitro benzene ring substituents is 1. The van der Waals surface area contributed by atoms with Gasteiger partial charge in [0.05, 0.1) is 22.7 Å². The zero-order chi connectivity index (χ0) is 17.0. The lowest BCUT2D eigenvalue weighted by Gasteiger charge is -2.11. The second kappa shape index (κ2) is 6.93. The van der Waals surface area contributed by atoms with Gasteiger partial charge in [-0.05, 0) is 24.3 Å². The lowest BCUT2D eigenvalue weighted by molar-refractivity contribution is -0.384. The molecule has 1 amide bonds. The molecule has 0 unspecified atom stereocenters. The van der Waals surface area contributed by atoms with Gasteiger partial charge < -0.3 is 9.47 Å². The molecule has 0 aromatic heterocycles. The molecule has 0 atom stereocenters. The SMILES string of the molecule is COc1ccc([N+](=O)[O-])cc1NC(=O)Oc1ccc(F)cc1Cl. The molecular formula is C14H10ClFN2O5. The summed E-state index contributed by atoms with van der Waals surface area (Å²) in [5.74, 6) is -0.434. The predicted octanol–water partition coefficient (Wildman–Crippen LogP) is 4.01. The Labute approximate surface area is 134 Å². The van der Waals surface area contributed by atoms with E-state index in [4.69, 9.17) is 21.1 Å². The molecular weight excluding hydrogens is 331 g/mol. The number of carbonyl (C=O) groups is 1. The molecule has 23 heavy (non-hydrogen) atoms. The van der Waals surface area contributed by atoms with Crippen LogP contribution in [-0.2, 0) is 0 Å². The maximum atomic E-state index is 12.9. The fourth-order valence-electron chi connectivity index (χ4n) is 1.70. The molecule has 1 N–H and O–H groups in total. The van der Waals surface area contributed by atoms with E-state index in [0.29, 0.717) is 0 Å². The first-order valence-corrected chi connectivity index (χ1v) is 6.55. The van der Waals surface area contributed by atoms with Crippen LogP contribution in [0.3, 0.4) is 0 Å². The Morgan fingerprint density at radius 3 is 2.57 bits per heavy atom. The molecule has 0 radical (unpaired) electrons. The van der Waals surface area contributed by atoms with Gasteiger partial charge >= 0.3 is 6.09 Å². The van der Waals surface area contributed by atoms with Gasteiger partial charge in [-0.25, -0.2) is 9.18 Å². The van der Waals surface area contributed by atoms with E-state index in [9.17, 15) is 19.3 Å². The van der Waals surface area contributed by atoms with Crippen molar-refractivity contribution in [2.45, 2.75) is 0 Å². The summed E-state index contributed by atoms with van der Waals surface area (Å²) < 4.78 is 22.9. The Kier molecular flexibility index (Phi) is 4.97. The van der Waals surface area contributed by atoms with Crippen LogP contribution in [0.2, 0.25) is 5.02 Å². The fraction of sp³-hybridized carbons (Fsp3) is 0.0714. The second-order valence-corrected chi connectivity index (χ2v) is 4.64. The van der Waals surface area contributed by atoms with Crippen LogP contribution in [0.1, 0.15) is 0 Å². The molecule has 0 aliphatic carbocycles. The first kappa shape index (κ1) is 16.5. The van der Waals surface area contributed by atoms with Crippen molar-refractivity contribution in [3.05, 3.63) is 57.4 Å². The number of hydrogen-bond acceptors (Lipinski definition) is 5. The molecule has 0 saturated carbocycles. The number of non-ortho nitro benzene ring substituents is 1. The molecule has 2 aromatic rings. The van der Waals surface area contributed by atoms with Crippen LogP contribution in [0.4, 0.5) is 20.6 Å². The number of anilines is 1. The number of ether oxygens (including phenoxy) is 2. The third kappa shape index (κ3) is 4.07. The quantitative estimate of drug-likeness (QED) is 0.670. The highest BCUT2D eigenvalue weighted by Gasteiger charge is 2.15. The van der Waals surface area contributed by atoms with Gasteiger partial charge in [0.25, 0.3) is 5.69 Å². The van der Waals surface area contributed by atoms with Gasteiger partial charge in [0.15, 0.2) is 5.75 Å². The number of halogens is 2. The van der Waals surface area contributed by atoms with Gasteiger partial charge in [0.1, 0.15) is 11.6 Å². The third-order valence-corrected chi connectivity index (χ3v) is 3.02. The maximum absolute atomic E-state index is 12.9. The molecule has 0 aliphatic rings. The van der Waals surface area contributed by atoms with Gasteiger partial charge in [-0.2, -0.15) is 0 Å². The molecule has 0 heterocycles. The van der Waals surface area contributed by atoms with E-state index in [1.54, 1.807) is 0 Å². The fourth-order valence-corrected chi connectivity index (χ4v) is 1.91. The number of rotatable bonds is 4. The Morgan fingerprint density at radius 1 is 1.26 bits per heavy atom. The van der Waals surface area contributed by atoms with Crippen LogP contribution in [0.5, 0.6) is 11.5 Å². The smallest absolute Gasteiger partial charge is 0.417 e. The summed E-state index contributed by atoms with van der Waals surface area (Å²) in [7, 11) is 1.34. The Bertz CT molecular complexity index is 769. The molecule has 0 spiro atoms. The summed E-state index contributed by atoms with van der Waals surface area (Å²) in [6.45, 7) is 0. The Hall–Kier alpha value is -2.87. The first-order chi connectivity index (χ1) is 10.9. The van der Waals surface area contributed by atoms with E-state index in [0.717, 1.165) is 18.2 Å². The average Bonchev–Trinajstić information content (AvgIpc) is 2.50. The van der Waals surface area contributed by atoms with Crippen LogP contribution in [-0.4, -0.2) is 18.1 Å². The second-order valence-electron chi connectivity index (χ2n) is 4.23. The summed E-state index contributed by atoms with van der Waals surface area (Å²) in [5, 5.41) is 13.0. The van der Waals surface area contributed by atoms with E-state index < -0.39 is 16.8 Å². The third-order valence-electron chi connectivity index (χ3n) is 2.73. The van der Waals surface area contributed by atoms with Gasteiger partial charge in [-0.1, -0.05) is 11.6 Å². The Balaban J connectivity index is 2.19. The van der Waals surface area contributed by atoms with Crippen LogP contribution in [0.25, 0.3) is 0 Å². The topological polar surface area (TPSA) is 90.7 Å². The highest BCUT2D eigenvalue weighted by Crippen LogP contribution is 2.30. The van der Waals surface area contributed by atoms with Crippen LogP contribution < -0.4 is 14.8 Å². The highest BCUT2D eigenvalue weighted by atomic mass is 35.5. The van der Waals surface area contributed by atoms with Crippen molar-refractivity contribution in [3.8, 4) is 11.5 Å². The zero-order valence-corrected chi connectivity index (χ0v) is 12.5. The monoisotopic (exact) mass is 340 g/mol. The van der Waals surface area contributed by atoms with Gasteiger partial charge in [-0.15, -0.1) is 0 Å². The number of amides is 1. The predicted molar refractivity (Wildman–Crippen MR) is 80.7 cm³/mol. The number of nitro groups is 1. The minimum Gasteiger partial charge on any atom is -0.495 e. The van der Waals surface area contributed by atoms with Crippen LogP contribution in [0, 0.1) is 15.9 Å². The average molecular weight is 341 g/mol. The van der Waals surface area contributed by atoms with E-state index in [2.05, 4.69) is 5.32 Å². The molecule has 120 valence electrons. The summed E-state index contributed by atoms with van der Waals surface area (Å²) in [4.78, 5) is 22.0. The van der Waals surface area contributed by atoms with E-state index >= 15 is 0 Å². The van der Waals surface area contributed by atoms with Crippen molar-refractivity contribution in [1.29, 1.82) is 0 Å². The number of nitrogens with zero attached hydrogens (tertiary/aromatic N) is 1. The number of benzene rings is 2. The van der Waals surface area contributed by atoms with Crippen molar-refractivity contribution in [1.82, 2.24) is 0 Å². The zero-order valence-electron chi connectivity index (χ0n) is 11.7. The lowest BCUT2D eigenvalue weighted by atomic mass is 10.2. The molecule has 2 rings (SSSR count). The molecule has 0 fully saturated rings. The van der Waals surface area contributed by atoms with E-state index in [-0.39, 0.29) is 27.9 Å². The minimum atomic E-state index is -0.961. The summed E-state index contributed by atoms with van der Waals surface area (Å²) >= 11 is 5.74. The highest BCUT2D eigenvalue weighted by molar-refractivity contribution is 6.32. The minimum absolute atomic E-state index is 0.0462.